The Morgan fingerprint density at radius 1 is 1.33 bits per heavy atom. The highest BCUT2D eigenvalue weighted by molar-refractivity contribution is 5.79. The van der Waals surface area contributed by atoms with Crippen LogP contribution in [0.25, 0.3) is 0 Å². The molecule has 0 aromatic carbocycles. The summed E-state index contributed by atoms with van der Waals surface area (Å²) >= 11 is 0. The summed E-state index contributed by atoms with van der Waals surface area (Å²) in [5.41, 5.74) is 5.95. The van der Waals surface area contributed by atoms with Crippen molar-refractivity contribution in [2.45, 2.75) is 40.0 Å². The van der Waals surface area contributed by atoms with Crippen LogP contribution in [0.5, 0.6) is 0 Å². The second-order valence-corrected chi connectivity index (χ2v) is 5.88. The van der Waals surface area contributed by atoms with Crippen LogP contribution in [-0.4, -0.2) is 30.4 Å². The number of hydrogen-bond donors (Lipinski definition) is 2. The van der Waals surface area contributed by atoms with E-state index in [1.165, 1.54) is 13.0 Å². The van der Waals surface area contributed by atoms with E-state index in [2.05, 4.69) is 25.7 Å². The van der Waals surface area contributed by atoms with E-state index in [0.29, 0.717) is 17.2 Å². The third-order valence-corrected chi connectivity index (χ3v) is 3.21. The predicted molar refractivity (Wildman–Crippen MR) is 65.2 cm³/mol. The van der Waals surface area contributed by atoms with Gasteiger partial charge in [0.1, 0.15) is 0 Å². The van der Waals surface area contributed by atoms with Gasteiger partial charge in [0.05, 0.1) is 5.84 Å². The first-order valence-electron chi connectivity index (χ1n) is 5.95. The maximum Gasteiger partial charge on any atom is 0.0937 e. The number of nitrogens with two attached hydrogens (primary N) is 1. The number of amidine groups is 1. The first-order valence-corrected chi connectivity index (χ1v) is 5.95. The van der Waals surface area contributed by atoms with Crippen LogP contribution in [0.3, 0.4) is 0 Å². The number of hydrogen-bond acceptors (Lipinski definition) is 2. The molecule has 88 valence electrons. The van der Waals surface area contributed by atoms with E-state index in [1.54, 1.807) is 0 Å². The summed E-state index contributed by atoms with van der Waals surface area (Å²) in [6.45, 7) is 10.3. The van der Waals surface area contributed by atoms with Crippen LogP contribution in [0.15, 0.2) is 0 Å². The summed E-state index contributed by atoms with van der Waals surface area (Å²) in [5, 5.41) is 7.42. The van der Waals surface area contributed by atoms with Gasteiger partial charge in [0, 0.05) is 5.92 Å². The zero-order chi connectivity index (χ0) is 11.5. The summed E-state index contributed by atoms with van der Waals surface area (Å²) in [5.74, 6) is 0.723. The molecule has 1 fully saturated rings. The Bertz CT molecular complexity index is 209. The van der Waals surface area contributed by atoms with Gasteiger partial charge in [0.2, 0.25) is 0 Å². The van der Waals surface area contributed by atoms with E-state index in [-0.39, 0.29) is 0 Å². The lowest BCUT2D eigenvalue weighted by atomic mass is 9.90. The van der Waals surface area contributed by atoms with Crippen LogP contribution >= 0.6 is 0 Å². The van der Waals surface area contributed by atoms with Gasteiger partial charge in [-0.1, -0.05) is 20.8 Å². The van der Waals surface area contributed by atoms with Crippen LogP contribution in [0.4, 0.5) is 0 Å². The molecule has 0 aromatic heterocycles. The van der Waals surface area contributed by atoms with E-state index >= 15 is 0 Å². The van der Waals surface area contributed by atoms with E-state index < -0.39 is 0 Å². The van der Waals surface area contributed by atoms with E-state index in [4.69, 9.17) is 11.1 Å². The lowest BCUT2D eigenvalue weighted by Gasteiger charge is -2.33. The topological polar surface area (TPSA) is 53.1 Å². The Balaban J connectivity index is 2.23. The molecule has 0 aromatic rings. The zero-order valence-electron chi connectivity index (χ0n) is 10.3. The minimum absolute atomic E-state index is 0.343. The smallest absolute Gasteiger partial charge is 0.0937 e. The molecular formula is C12H25N3. The highest BCUT2D eigenvalue weighted by Gasteiger charge is 2.22. The fraction of sp³-hybridized carbons (Fsp3) is 0.917. The Labute approximate surface area is 93.5 Å². The number of piperidine rings is 1. The van der Waals surface area contributed by atoms with Crippen LogP contribution < -0.4 is 5.73 Å². The van der Waals surface area contributed by atoms with Crippen molar-refractivity contribution in [2.24, 2.45) is 17.1 Å². The van der Waals surface area contributed by atoms with Crippen molar-refractivity contribution in [3.05, 3.63) is 0 Å². The average Bonchev–Trinajstić information content (AvgIpc) is 2.14. The van der Waals surface area contributed by atoms with Gasteiger partial charge >= 0.3 is 0 Å². The minimum atomic E-state index is 0.343. The number of nitrogens with one attached hydrogen (secondary N) is 1. The lowest BCUT2D eigenvalue weighted by Crippen LogP contribution is -2.39. The zero-order valence-corrected chi connectivity index (χ0v) is 10.3. The van der Waals surface area contributed by atoms with Crippen molar-refractivity contribution in [2.75, 3.05) is 19.6 Å². The molecule has 1 rings (SSSR count). The molecular weight excluding hydrogens is 186 g/mol. The molecule has 0 amide bonds. The minimum Gasteiger partial charge on any atom is -0.387 e. The Morgan fingerprint density at radius 2 is 1.87 bits per heavy atom. The fourth-order valence-corrected chi connectivity index (χ4v) is 1.96. The van der Waals surface area contributed by atoms with Gasteiger partial charge in [0.25, 0.3) is 0 Å². The van der Waals surface area contributed by atoms with Gasteiger partial charge < -0.3 is 10.6 Å². The van der Waals surface area contributed by atoms with Gasteiger partial charge in [-0.15, -0.1) is 0 Å². The molecule has 3 N–H and O–H groups in total. The van der Waals surface area contributed by atoms with Crippen LogP contribution in [-0.2, 0) is 0 Å². The molecule has 3 heteroatoms. The van der Waals surface area contributed by atoms with Crippen molar-refractivity contribution in [1.29, 1.82) is 5.41 Å². The number of rotatable bonds is 3. The summed E-state index contributed by atoms with van der Waals surface area (Å²) in [6.07, 6.45) is 3.39. The van der Waals surface area contributed by atoms with Gasteiger partial charge in [-0.05, 0) is 44.3 Å². The second kappa shape index (κ2) is 4.97. The van der Waals surface area contributed by atoms with Gasteiger partial charge in [0.15, 0.2) is 0 Å². The molecule has 0 unspecified atom stereocenters. The van der Waals surface area contributed by atoms with Crippen LogP contribution in [0, 0.1) is 16.7 Å². The van der Waals surface area contributed by atoms with Crippen molar-refractivity contribution < 1.29 is 0 Å². The first kappa shape index (κ1) is 12.5. The Kier molecular flexibility index (Phi) is 4.14. The predicted octanol–water partition coefficient (Wildman–Crippen LogP) is 2.07. The Hall–Kier alpha value is -0.570. The van der Waals surface area contributed by atoms with Crippen LogP contribution in [0.2, 0.25) is 0 Å². The summed E-state index contributed by atoms with van der Waals surface area (Å²) < 4.78 is 0. The number of nitrogens with zero attached hydrogens (tertiary/aromatic N) is 1. The fourth-order valence-electron chi connectivity index (χ4n) is 1.96. The molecule has 1 aliphatic rings. The summed E-state index contributed by atoms with van der Waals surface area (Å²) in [4.78, 5) is 2.50. The maximum atomic E-state index is 7.42. The average molecular weight is 211 g/mol. The first-order chi connectivity index (χ1) is 6.88. The molecule has 0 aliphatic carbocycles. The molecule has 0 radical (unpaired) electrons. The summed E-state index contributed by atoms with van der Waals surface area (Å²) in [7, 11) is 0. The molecule has 1 heterocycles. The van der Waals surface area contributed by atoms with Crippen molar-refractivity contribution in [3.8, 4) is 0 Å². The molecule has 0 atom stereocenters. The van der Waals surface area contributed by atoms with E-state index in [9.17, 15) is 0 Å². The third-order valence-electron chi connectivity index (χ3n) is 3.21. The normalized spacial score (nSPS) is 20.5. The lowest BCUT2D eigenvalue weighted by molar-refractivity contribution is 0.182. The van der Waals surface area contributed by atoms with E-state index in [0.717, 1.165) is 25.9 Å². The van der Waals surface area contributed by atoms with Gasteiger partial charge in [-0.2, -0.15) is 0 Å². The third kappa shape index (κ3) is 4.65. The Morgan fingerprint density at radius 3 is 2.27 bits per heavy atom. The molecule has 1 saturated heterocycles. The summed E-state index contributed by atoms with van der Waals surface area (Å²) in [6, 6.07) is 0. The quantitative estimate of drug-likeness (QED) is 0.554. The molecule has 0 bridgehead atoms. The van der Waals surface area contributed by atoms with Gasteiger partial charge in [-0.3, -0.25) is 5.41 Å². The van der Waals surface area contributed by atoms with Gasteiger partial charge in [-0.25, -0.2) is 0 Å². The molecule has 1 aliphatic heterocycles. The van der Waals surface area contributed by atoms with E-state index in [1.807, 2.05) is 0 Å². The van der Waals surface area contributed by atoms with Crippen molar-refractivity contribution >= 4 is 5.84 Å². The largest absolute Gasteiger partial charge is 0.387 e. The van der Waals surface area contributed by atoms with Crippen molar-refractivity contribution in [1.82, 2.24) is 4.90 Å². The molecule has 0 spiro atoms. The van der Waals surface area contributed by atoms with Crippen molar-refractivity contribution in [3.63, 3.8) is 0 Å². The molecule has 15 heavy (non-hydrogen) atoms. The van der Waals surface area contributed by atoms with Crippen LogP contribution in [0.1, 0.15) is 40.0 Å². The molecule has 3 nitrogen and oxygen atoms in total. The maximum absolute atomic E-state index is 7.42. The monoisotopic (exact) mass is 211 g/mol. The second-order valence-electron chi connectivity index (χ2n) is 5.88. The highest BCUT2D eigenvalue weighted by atomic mass is 15.1. The SMILES string of the molecule is CC(C)(C)CCN1CCC(C(=N)N)CC1. The standard InChI is InChI=1S/C12H25N3/c1-12(2,3)6-9-15-7-4-10(5-8-15)11(13)14/h10H,4-9H2,1-3H3,(H3,13,14). The highest BCUT2D eigenvalue weighted by Crippen LogP contribution is 2.22. The number of likely N-dealkylation sites (tertiary alicyclic amines) is 1. The molecule has 0 saturated carbocycles.